The van der Waals surface area contributed by atoms with E-state index in [9.17, 15) is 13.2 Å². The number of ether oxygens (including phenoxy) is 1. The molecule has 1 aromatic rings. The monoisotopic (exact) mass is 328 g/mol. The third kappa shape index (κ3) is 4.99. The number of sulfonamides is 1. The summed E-state index contributed by atoms with van der Waals surface area (Å²) in [6.07, 6.45) is 1.10. The molecule has 6 nitrogen and oxygen atoms in total. The van der Waals surface area contributed by atoms with E-state index in [1.807, 2.05) is 19.9 Å². The number of nitrogens with zero attached hydrogens (tertiary/aromatic N) is 1. The van der Waals surface area contributed by atoms with E-state index in [2.05, 4.69) is 5.32 Å². The maximum absolute atomic E-state index is 12.2. The number of nitrogens with one attached hydrogen (secondary N) is 1. The smallest absolute Gasteiger partial charge is 0.243 e. The maximum Gasteiger partial charge on any atom is 0.243 e. The summed E-state index contributed by atoms with van der Waals surface area (Å²) in [6, 6.07) is 4.63. The average Bonchev–Trinajstić information content (AvgIpc) is 2.36. The lowest BCUT2D eigenvalue weighted by Gasteiger charge is -2.28. The summed E-state index contributed by atoms with van der Waals surface area (Å²) in [6.45, 7) is 6.06. The second kappa shape index (κ2) is 7.60. The van der Waals surface area contributed by atoms with Crippen molar-refractivity contribution in [2.45, 2.75) is 26.8 Å². The van der Waals surface area contributed by atoms with E-state index in [4.69, 9.17) is 4.74 Å². The van der Waals surface area contributed by atoms with Crippen LogP contribution in [0.3, 0.4) is 0 Å². The van der Waals surface area contributed by atoms with E-state index in [0.29, 0.717) is 18.8 Å². The number of amides is 1. The molecule has 0 saturated carbocycles. The van der Waals surface area contributed by atoms with Gasteiger partial charge in [0.05, 0.1) is 18.6 Å². The quantitative estimate of drug-likeness (QED) is 0.764. The molecule has 0 aromatic heterocycles. The standard InChI is InChI=1S/C15H24N2O4S/c1-11-8-12(2)10-14(9-11)17(22(5,19)20)13(3)15(18)16-6-7-21-4/h8-10,13H,6-7H2,1-5H3,(H,16,18)/t13-/m0/s1. The van der Waals surface area contributed by atoms with Gasteiger partial charge in [0.25, 0.3) is 0 Å². The number of methoxy groups -OCH3 is 1. The number of carbonyl (C=O) groups excluding carboxylic acids is 1. The van der Waals surface area contributed by atoms with Crippen molar-refractivity contribution in [1.82, 2.24) is 5.32 Å². The number of anilines is 1. The number of rotatable bonds is 7. The lowest BCUT2D eigenvalue weighted by molar-refractivity contribution is -0.122. The van der Waals surface area contributed by atoms with Gasteiger partial charge in [0.2, 0.25) is 15.9 Å². The van der Waals surface area contributed by atoms with Crippen LogP contribution in [0.2, 0.25) is 0 Å². The third-order valence-electron chi connectivity index (χ3n) is 3.15. The van der Waals surface area contributed by atoms with Crippen molar-refractivity contribution in [2.75, 3.05) is 30.8 Å². The van der Waals surface area contributed by atoms with Crippen LogP contribution in [0.4, 0.5) is 5.69 Å². The maximum atomic E-state index is 12.2. The molecule has 1 aromatic carbocycles. The van der Waals surface area contributed by atoms with Gasteiger partial charge in [0.1, 0.15) is 6.04 Å². The van der Waals surface area contributed by atoms with Crippen molar-refractivity contribution in [3.8, 4) is 0 Å². The summed E-state index contributed by atoms with van der Waals surface area (Å²) in [5, 5.41) is 2.66. The summed E-state index contributed by atoms with van der Waals surface area (Å²) in [5.74, 6) is -0.360. The molecule has 0 spiro atoms. The Morgan fingerprint density at radius 3 is 2.27 bits per heavy atom. The Kier molecular flexibility index (Phi) is 6.37. The molecule has 0 fully saturated rings. The first-order valence-corrected chi connectivity index (χ1v) is 8.86. The van der Waals surface area contributed by atoms with Crippen LogP contribution in [-0.4, -0.2) is 46.9 Å². The Balaban J connectivity index is 3.11. The van der Waals surface area contributed by atoms with Gasteiger partial charge in [-0.2, -0.15) is 0 Å². The first kappa shape index (κ1) is 18.4. The van der Waals surface area contributed by atoms with E-state index in [-0.39, 0.29) is 5.91 Å². The zero-order valence-electron chi connectivity index (χ0n) is 13.7. The minimum atomic E-state index is -3.59. The minimum absolute atomic E-state index is 0.337. The first-order valence-electron chi connectivity index (χ1n) is 7.01. The number of aryl methyl sites for hydroxylation is 2. The molecule has 0 saturated heterocycles. The Morgan fingerprint density at radius 2 is 1.82 bits per heavy atom. The van der Waals surface area contributed by atoms with Crippen molar-refractivity contribution in [3.05, 3.63) is 29.3 Å². The van der Waals surface area contributed by atoms with Crippen LogP contribution in [0.5, 0.6) is 0 Å². The number of benzene rings is 1. The molecule has 0 aliphatic rings. The normalized spacial score (nSPS) is 12.8. The lowest BCUT2D eigenvalue weighted by atomic mass is 10.1. The van der Waals surface area contributed by atoms with Crippen LogP contribution in [0, 0.1) is 13.8 Å². The molecule has 1 rings (SSSR count). The third-order valence-corrected chi connectivity index (χ3v) is 4.40. The largest absolute Gasteiger partial charge is 0.383 e. The second-order valence-electron chi connectivity index (χ2n) is 5.36. The highest BCUT2D eigenvalue weighted by Crippen LogP contribution is 2.23. The molecule has 1 amide bonds. The van der Waals surface area contributed by atoms with Gasteiger partial charge in [-0.3, -0.25) is 9.10 Å². The molecule has 1 atom stereocenters. The van der Waals surface area contributed by atoms with Crippen molar-refractivity contribution >= 4 is 21.6 Å². The van der Waals surface area contributed by atoms with Crippen LogP contribution in [0.25, 0.3) is 0 Å². The zero-order valence-corrected chi connectivity index (χ0v) is 14.5. The molecular weight excluding hydrogens is 304 g/mol. The molecule has 0 radical (unpaired) electrons. The average molecular weight is 328 g/mol. The van der Waals surface area contributed by atoms with Gasteiger partial charge in [-0.25, -0.2) is 8.42 Å². The van der Waals surface area contributed by atoms with Crippen LogP contribution in [0.1, 0.15) is 18.1 Å². The van der Waals surface area contributed by atoms with E-state index in [0.717, 1.165) is 21.7 Å². The molecule has 0 bridgehead atoms. The summed E-state index contributed by atoms with van der Waals surface area (Å²) >= 11 is 0. The Hall–Kier alpha value is -1.60. The topological polar surface area (TPSA) is 75.7 Å². The molecule has 1 N–H and O–H groups in total. The summed E-state index contributed by atoms with van der Waals surface area (Å²) < 4.78 is 30.3. The molecular formula is C15H24N2O4S. The Bertz CT molecular complexity index is 608. The van der Waals surface area contributed by atoms with Crippen molar-refractivity contribution < 1.29 is 17.9 Å². The highest BCUT2D eigenvalue weighted by atomic mass is 32.2. The molecule has 0 unspecified atom stereocenters. The number of hydrogen-bond donors (Lipinski definition) is 1. The van der Waals surface area contributed by atoms with Crippen LogP contribution in [-0.2, 0) is 19.6 Å². The van der Waals surface area contributed by atoms with Crippen LogP contribution < -0.4 is 9.62 Å². The highest BCUT2D eigenvalue weighted by Gasteiger charge is 2.29. The van der Waals surface area contributed by atoms with Crippen molar-refractivity contribution in [2.24, 2.45) is 0 Å². The fourth-order valence-electron chi connectivity index (χ4n) is 2.31. The highest BCUT2D eigenvalue weighted by molar-refractivity contribution is 7.92. The summed E-state index contributed by atoms with van der Waals surface area (Å²) in [7, 11) is -2.05. The van der Waals surface area contributed by atoms with Gasteiger partial charge < -0.3 is 10.1 Å². The molecule has 22 heavy (non-hydrogen) atoms. The van der Waals surface area contributed by atoms with Gasteiger partial charge in [-0.15, -0.1) is 0 Å². The fraction of sp³-hybridized carbons (Fsp3) is 0.533. The van der Waals surface area contributed by atoms with Crippen LogP contribution in [0.15, 0.2) is 18.2 Å². The van der Waals surface area contributed by atoms with E-state index >= 15 is 0 Å². The fourth-order valence-corrected chi connectivity index (χ4v) is 3.47. The predicted molar refractivity (Wildman–Crippen MR) is 87.6 cm³/mol. The van der Waals surface area contributed by atoms with E-state index in [1.165, 1.54) is 7.11 Å². The Morgan fingerprint density at radius 1 is 1.27 bits per heavy atom. The molecule has 124 valence electrons. The van der Waals surface area contributed by atoms with Crippen LogP contribution >= 0.6 is 0 Å². The molecule has 7 heteroatoms. The predicted octanol–water partition coefficient (Wildman–Crippen LogP) is 1.22. The molecule has 0 aliphatic heterocycles. The van der Waals surface area contributed by atoms with Crippen molar-refractivity contribution in [1.29, 1.82) is 0 Å². The lowest BCUT2D eigenvalue weighted by Crippen LogP contribution is -2.48. The van der Waals surface area contributed by atoms with Gasteiger partial charge >= 0.3 is 0 Å². The minimum Gasteiger partial charge on any atom is -0.383 e. The van der Waals surface area contributed by atoms with Gasteiger partial charge in [-0.05, 0) is 44.0 Å². The second-order valence-corrected chi connectivity index (χ2v) is 7.22. The molecule has 0 aliphatic carbocycles. The molecule has 0 heterocycles. The number of hydrogen-bond acceptors (Lipinski definition) is 4. The first-order chi connectivity index (χ1) is 10.2. The van der Waals surface area contributed by atoms with Crippen molar-refractivity contribution in [3.63, 3.8) is 0 Å². The van der Waals surface area contributed by atoms with Gasteiger partial charge in [-0.1, -0.05) is 6.07 Å². The van der Waals surface area contributed by atoms with E-state index < -0.39 is 16.1 Å². The Labute approximate surface area is 132 Å². The SMILES string of the molecule is COCCNC(=O)[C@H](C)N(c1cc(C)cc(C)c1)S(C)(=O)=O. The van der Waals surface area contributed by atoms with E-state index in [1.54, 1.807) is 19.1 Å². The summed E-state index contributed by atoms with van der Waals surface area (Å²) in [5.41, 5.74) is 2.38. The van der Waals surface area contributed by atoms with Gasteiger partial charge in [0.15, 0.2) is 0 Å². The zero-order chi connectivity index (χ0) is 16.9. The van der Waals surface area contributed by atoms with Gasteiger partial charge in [0, 0.05) is 13.7 Å². The number of carbonyl (C=O) groups is 1. The summed E-state index contributed by atoms with van der Waals surface area (Å²) in [4.78, 5) is 12.2.